The Morgan fingerprint density at radius 1 is 0.921 bits per heavy atom. The molecule has 8 heteroatoms. The number of nitrogens with zero attached hydrogens (tertiary/aromatic N) is 6. The van der Waals surface area contributed by atoms with Gasteiger partial charge in [-0.05, 0) is 53.6 Å². The quantitative estimate of drug-likeness (QED) is 0.262. The van der Waals surface area contributed by atoms with Crippen LogP contribution < -0.4 is 14.4 Å². The Hall–Kier alpha value is -5.16. The molecule has 0 aliphatic carbocycles. The molecule has 38 heavy (non-hydrogen) atoms. The Labute approximate surface area is 221 Å². The molecule has 3 aromatic carbocycles. The van der Waals surface area contributed by atoms with Gasteiger partial charge in [-0.15, -0.1) is 5.10 Å². The van der Waals surface area contributed by atoms with Gasteiger partial charge in [-0.25, -0.2) is 14.5 Å². The summed E-state index contributed by atoms with van der Waals surface area (Å²) in [5.74, 6) is 2.76. The average Bonchev–Trinajstić information content (AvgIpc) is 3.40. The van der Waals surface area contributed by atoms with Crippen molar-refractivity contribution in [2.75, 3.05) is 19.1 Å². The summed E-state index contributed by atoms with van der Waals surface area (Å²) in [5.41, 5.74) is 4.84. The molecule has 2 aromatic heterocycles. The second-order valence-electron chi connectivity index (χ2n) is 8.64. The highest BCUT2D eigenvalue weighted by Crippen LogP contribution is 2.28. The number of anilines is 1. The zero-order valence-electron chi connectivity index (χ0n) is 21.2. The van der Waals surface area contributed by atoms with Crippen molar-refractivity contribution in [2.24, 2.45) is 0 Å². The first-order chi connectivity index (χ1) is 18.6. The maximum atomic E-state index is 9.43. The minimum Gasteiger partial charge on any atom is -0.497 e. The number of rotatable bonds is 9. The number of methoxy groups -OCH3 is 2. The minimum atomic E-state index is 0.504. The largest absolute Gasteiger partial charge is 0.497 e. The predicted octanol–water partition coefficient (Wildman–Crippen LogP) is 5.53. The Kier molecular flexibility index (Phi) is 7.00. The molecule has 0 aliphatic rings. The fraction of sp³-hybridized carbons (Fsp3) is 0.133. The van der Waals surface area contributed by atoms with Crippen molar-refractivity contribution in [2.45, 2.75) is 13.1 Å². The number of aromatic nitrogens is 4. The molecule has 0 atom stereocenters. The molecular weight excluding hydrogens is 476 g/mol. The van der Waals surface area contributed by atoms with E-state index in [1.165, 1.54) is 0 Å². The van der Waals surface area contributed by atoms with Crippen LogP contribution in [0.25, 0.3) is 23.0 Å². The van der Waals surface area contributed by atoms with E-state index in [1.807, 2.05) is 72.9 Å². The lowest BCUT2D eigenvalue weighted by atomic mass is 10.1. The summed E-state index contributed by atoms with van der Waals surface area (Å²) < 4.78 is 12.4. The molecule has 0 fully saturated rings. The van der Waals surface area contributed by atoms with E-state index in [1.54, 1.807) is 30.9 Å². The fourth-order valence-electron chi connectivity index (χ4n) is 4.19. The molecule has 188 valence electrons. The van der Waals surface area contributed by atoms with E-state index in [0.717, 1.165) is 28.2 Å². The van der Waals surface area contributed by atoms with Gasteiger partial charge < -0.3 is 14.4 Å². The van der Waals surface area contributed by atoms with E-state index < -0.39 is 0 Å². The van der Waals surface area contributed by atoms with Crippen molar-refractivity contribution >= 4 is 17.5 Å². The van der Waals surface area contributed by atoms with Gasteiger partial charge >= 0.3 is 0 Å². The van der Waals surface area contributed by atoms with Gasteiger partial charge in [0.25, 0.3) is 0 Å². The zero-order chi connectivity index (χ0) is 26.5. The van der Waals surface area contributed by atoms with Gasteiger partial charge in [0.1, 0.15) is 11.5 Å². The van der Waals surface area contributed by atoms with Crippen LogP contribution in [0, 0.1) is 11.3 Å². The monoisotopic (exact) mass is 502 g/mol. The first-order valence-electron chi connectivity index (χ1n) is 12.0. The van der Waals surface area contributed by atoms with E-state index in [-0.39, 0.29) is 0 Å². The third-order valence-corrected chi connectivity index (χ3v) is 6.15. The van der Waals surface area contributed by atoms with Crippen LogP contribution in [0.15, 0.2) is 85.6 Å². The third kappa shape index (κ3) is 5.18. The van der Waals surface area contributed by atoms with Crippen molar-refractivity contribution < 1.29 is 9.47 Å². The van der Waals surface area contributed by atoms with Crippen LogP contribution in [0.3, 0.4) is 0 Å². The maximum Gasteiger partial charge on any atom is 0.199 e. The van der Waals surface area contributed by atoms with Gasteiger partial charge in [-0.2, -0.15) is 5.26 Å². The van der Waals surface area contributed by atoms with Crippen molar-refractivity contribution in [1.29, 1.82) is 5.26 Å². The summed E-state index contributed by atoms with van der Waals surface area (Å²) in [6, 6.07) is 25.5. The van der Waals surface area contributed by atoms with E-state index in [9.17, 15) is 5.26 Å². The second-order valence-corrected chi connectivity index (χ2v) is 8.64. The number of fused-ring (bicyclic) bond motifs is 1. The van der Waals surface area contributed by atoms with Gasteiger partial charge in [-0.3, -0.25) is 0 Å². The lowest BCUT2D eigenvalue weighted by molar-refractivity contribution is 0.414. The van der Waals surface area contributed by atoms with Crippen LogP contribution in [0.1, 0.15) is 22.5 Å². The topological polar surface area (TPSA) is 88.6 Å². The second kappa shape index (κ2) is 10.8. The lowest BCUT2D eigenvalue weighted by Gasteiger charge is -2.25. The summed E-state index contributed by atoms with van der Waals surface area (Å²) in [6.07, 6.45) is 3.44. The summed E-state index contributed by atoms with van der Waals surface area (Å²) in [4.78, 5) is 11.9. The summed E-state index contributed by atoms with van der Waals surface area (Å²) in [6.45, 7) is 4.97. The normalized spacial score (nSPS) is 10.7. The molecule has 0 radical (unpaired) electrons. The molecule has 5 aromatic rings. The maximum absolute atomic E-state index is 9.43. The molecule has 0 unspecified atom stereocenters. The highest BCUT2D eigenvalue weighted by molar-refractivity contribution is 5.71. The Balaban J connectivity index is 1.65. The van der Waals surface area contributed by atoms with Crippen LogP contribution in [-0.4, -0.2) is 33.8 Å². The van der Waals surface area contributed by atoms with E-state index in [2.05, 4.69) is 22.6 Å². The molecule has 0 amide bonds. The van der Waals surface area contributed by atoms with Crippen LogP contribution >= 0.6 is 0 Å². The molecular formula is C30H26N6O2. The van der Waals surface area contributed by atoms with E-state index >= 15 is 0 Å². The third-order valence-electron chi connectivity index (χ3n) is 6.15. The standard InChI is InChI=1S/C30H26N6O2/c1-4-28-33-30-29(32-27(20-36(30)34-28)24-7-5-6-23(16-24)17-31)35(18-21-8-12-25(37-2)13-9-21)19-22-10-14-26(38-3)15-11-22/h4-16,20H,1,18-19H2,2-3H3. The van der Waals surface area contributed by atoms with Gasteiger partial charge in [0.15, 0.2) is 17.3 Å². The summed E-state index contributed by atoms with van der Waals surface area (Å²) in [5, 5.41) is 14.0. The molecule has 0 bridgehead atoms. The number of hydrogen-bond acceptors (Lipinski definition) is 7. The number of nitriles is 1. The van der Waals surface area contributed by atoms with Crippen molar-refractivity contribution in [3.63, 3.8) is 0 Å². The summed E-state index contributed by atoms with van der Waals surface area (Å²) >= 11 is 0. The summed E-state index contributed by atoms with van der Waals surface area (Å²) in [7, 11) is 3.31. The van der Waals surface area contributed by atoms with Gasteiger partial charge in [0, 0.05) is 18.7 Å². The average molecular weight is 503 g/mol. The van der Waals surface area contributed by atoms with Crippen LogP contribution in [0.4, 0.5) is 5.82 Å². The number of benzene rings is 3. The van der Waals surface area contributed by atoms with Gasteiger partial charge in [-0.1, -0.05) is 43.0 Å². The first-order valence-corrected chi connectivity index (χ1v) is 12.0. The number of hydrogen-bond donors (Lipinski definition) is 0. The Bertz CT molecular complexity index is 1570. The van der Waals surface area contributed by atoms with Crippen molar-refractivity contribution in [3.8, 4) is 28.8 Å². The smallest absolute Gasteiger partial charge is 0.199 e. The highest BCUT2D eigenvalue weighted by Gasteiger charge is 2.19. The SMILES string of the molecule is C=Cc1nc2c(N(Cc3ccc(OC)cc3)Cc3ccc(OC)cc3)nc(-c3cccc(C#N)c3)cn2n1. The van der Waals surface area contributed by atoms with Crippen molar-refractivity contribution in [1.82, 2.24) is 19.6 Å². The highest BCUT2D eigenvalue weighted by atomic mass is 16.5. The minimum absolute atomic E-state index is 0.504. The molecule has 5 rings (SSSR count). The Morgan fingerprint density at radius 3 is 2.11 bits per heavy atom. The van der Waals surface area contributed by atoms with Crippen LogP contribution in [-0.2, 0) is 13.1 Å². The number of ether oxygens (including phenoxy) is 2. The lowest BCUT2D eigenvalue weighted by Crippen LogP contribution is -2.24. The molecule has 0 saturated carbocycles. The van der Waals surface area contributed by atoms with Crippen LogP contribution in [0.2, 0.25) is 0 Å². The van der Waals surface area contributed by atoms with Crippen LogP contribution in [0.5, 0.6) is 11.5 Å². The Morgan fingerprint density at radius 2 is 1.55 bits per heavy atom. The first kappa shape index (κ1) is 24.5. The molecule has 2 heterocycles. The predicted molar refractivity (Wildman–Crippen MR) is 147 cm³/mol. The fourth-order valence-corrected chi connectivity index (χ4v) is 4.19. The van der Waals surface area contributed by atoms with E-state index in [4.69, 9.17) is 19.4 Å². The zero-order valence-corrected chi connectivity index (χ0v) is 21.2. The molecule has 0 N–H and O–H groups in total. The molecule has 0 spiro atoms. The van der Waals surface area contributed by atoms with Gasteiger partial charge in [0.05, 0.1) is 37.7 Å². The molecule has 8 nitrogen and oxygen atoms in total. The molecule has 0 aliphatic heterocycles. The van der Waals surface area contributed by atoms with E-state index in [0.29, 0.717) is 41.6 Å². The van der Waals surface area contributed by atoms with Gasteiger partial charge in [0.2, 0.25) is 0 Å². The molecule has 0 saturated heterocycles. The van der Waals surface area contributed by atoms with Crippen molar-refractivity contribution in [3.05, 3.63) is 108 Å².